The average molecular weight is 240 g/mol. The van der Waals surface area contributed by atoms with E-state index in [1.165, 1.54) is 6.07 Å². The zero-order valence-electron chi connectivity index (χ0n) is 10.2. The van der Waals surface area contributed by atoms with Crippen LogP contribution in [0.3, 0.4) is 0 Å². The van der Waals surface area contributed by atoms with Crippen molar-refractivity contribution in [3.8, 4) is 0 Å². The highest BCUT2D eigenvalue weighted by molar-refractivity contribution is 6.01. The summed E-state index contributed by atoms with van der Waals surface area (Å²) in [6, 6.07) is 1.52. The maximum Gasteiger partial charge on any atom is 0.375 e. The maximum absolute atomic E-state index is 11.6. The van der Waals surface area contributed by atoms with Crippen molar-refractivity contribution in [2.75, 3.05) is 13.2 Å². The van der Waals surface area contributed by atoms with Crippen molar-refractivity contribution < 1.29 is 23.5 Å². The Labute approximate surface area is 99.7 Å². The third-order valence-electron chi connectivity index (χ3n) is 2.09. The zero-order valence-corrected chi connectivity index (χ0v) is 10.2. The van der Waals surface area contributed by atoms with E-state index in [9.17, 15) is 9.59 Å². The molecule has 0 aliphatic rings. The first kappa shape index (κ1) is 13.3. The molecule has 0 bridgehead atoms. The van der Waals surface area contributed by atoms with E-state index in [0.717, 1.165) is 0 Å². The number of aryl methyl sites for hydroxylation is 1. The third kappa shape index (κ3) is 3.09. The van der Waals surface area contributed by atoms with Crippen LogP contribution in [0.1, 0.15) is 47.4 Å². The summed E-state index contributed by atoms with van der Waals surface area (Å²) >= 11 is 0. The Kier molecular flexibility index (Phi) is 4.75. The number of hydrogen-bond acceptors (Lipinski definition) is 5. The molecule has 0 amide bonds. The van der Waals surface area contributed by atoms with Gasteiger partial charge in [-0.15, -0.1) is 0 Å². The van der Waals surface area contributed by atoms with Gasteiger partial charge in [0.2, 0.25) is 5.76 Å². The normalized spacial score (nSPS) is 10.1. The largest absolute Gasteiger partial charge is 0.462 e. The predicted octanol–water partition coefficient (Wildman–Crippen LogP) is 2.20. The minimum absolute atomic E-state index is 0.0813. The molecule has 0 unspecified atom stereocenters. The third-order valence-corrected chi connectivity index (χ3v) is 2.09. The van der Waals surface area contributed by atoms with Gasteiger partial charge in [0.15, 0.2) is 0 Å². The number of carbonyl (C=O) groups is 2. The van der Waals surface area contributed by atoms with Crippen molar-refractivity contribution in [3.05, 3.63) is 23.2 Å². The van der Waals surface area contributed by atoms with Crippen molar-refractivity contribution in [1.29, 1.82) is 0 Å². The minimum Gasteiger partial charge on any atom is -0.462 e. The molecule has 94 valence electrons. The van der Waals surface area contributed by atoms with Crippen LogP contribution in [0.5, 0.6) is 0 Å². The second kappa shape index (κ2) is 6.08. The standard InChI is InChI=1S/C12H16O5/c1-4-8-7-9(11(13)15-5-2)10(17-8)12(14)16-6-3/h7H,4-6H2,1-3H3. The first-order chi connectivity index (χ1) is 8.13. The van der Waals surface area contributed by atoms with Gasteiger partial charge in [-0.05, 0) is 19.9 Å². The summed E-state index contributed by atoms with van der Waals surface area (Å²) in [5.74, 6) is -0.743. The summed E-state index contributed by atoms with van der Waals surface area (Å²) in [7, 11) is 0. The molecule has 0 saturated heterocycles. The summed E-state index contributed by atoms with van der Waals surface area (Å²) in [6.07, 6.45) is 0.589. The Hall–Kier alpha value is -1.78. The quantitative estimate of drug-likeness (QED) is 0.738. The SMILES string of the molecule is CCOC(=O)c1cc(CC)oc1C(=O)OCC. The molecule has 0 fully saturated rings. The summed E-state index contributed by atoms with van der Waals surface area (Å²) in [5, 5.41) is 0. The van der Waals surface area contributed by atoms with Crippen LogP contribution in [0.15, 0.2) is 10.5 Å². The molecule has 5 nitrogen and oxygen atoms in total. The summed E-state index contributed by atoms with van der Waals surface area (Å²) in [5.41, 5.74) is 0.127. The van der Waals surface area contributed by atoms with E-state index >= 15 is 0 Å². The number of rotatable bonds is 5. The monoisotopic (exact) mass is 240 g/mol. The highest BCUT2D eigenvalue weighted by Crippen LogP contribution is 2.18. The number of ether oxygens (including phenoxy) is 2. The molecule has 0 aliphatic carbocycles. The van der Waals surface area contributed by atoms with Gasteiger partial charge < -0.3 is 13.9 Å². The van der Waals surface area contributed by atoms with E-state index in [0.29, 0.717) is 12.2 Å². The first-order valence-electron chi connectivity index (χ1n) is 5.60. The van der Waals surface area contributed by atoms with E-state index in [2.05, 4.69) is 0 Å². The van der Waals surface area contributed by atoms with Gasteiger partial charge in [-0.25, -0.2) is 9.59 Å². The van der Waals surface area contributed by atoms with Crippen molar-refractivity contribution >= 4 is 11.9 Å². The van der Waals surface area contributed by atoms with E-state index < -0.39 is 11.9 Å². The lowest BCUT2D eigenvalue weighted by molar-refractivity contribution is 0.0450. The van der Waals surface area contributed by atoms with Crippen molar-refractivity contribution in [2.24, 2.45) is 0 Å². The smallest absolute Gasteiger partial charge is 0.375 e. The fourth-order valence-electron chi connectivity index (χ4n) is 1.33. The number of carbonyl (C=O) groups excluding carboxylic acids is 2. The van der Waals surface area contributed by atoms with E-state index in [1.807, 2.05) is 6.92 Å². The molecule has 0 radical (unpaired) electrons. The minimum atomic E-state index is -0.643. The fourth-order valence-corrected chi connectivity index (χ4v) is 1.33. The summed E-state index contributed by atoms with van der Waals surface area (Å²) in [6.45, 7) is 5.72. The second-order valence-corrected chi connectivity index (χ2v) is 3.25. The maximum atomic E-state index is 11.6. The topological polar surface area (TPSA) is 65.7 Å². The summed E-state index contributed by atoms with van der Waals surface area (Å²) < 4.78 is 14.9. The predicted molar refractivity (Wildman–Crippen MR) is 60.0 cm³/mol. The van der Waals surface area contributed by atoms with Gasteiger partial charge in [-0.1, -0.05) is 6.92 Å². The molecular weight excluding hydrogens is 224 g/mol. The van der Waals surface area contributed by atoms with Gasteiger partial charge in [0.1, 0.15) is 11.3 Å². The molecule has 0 aliphatic heterocycles. The Morgan fingerprint density at radius 2 is 1.71 bits per heavy atom. The number of hydrogen-bond donors (Lipinski definition) is 0. The van der Waals surface area contributed by atoms with Crippen LogP contribution in [-0.4, -0.2) is 25.2 Å². The van der Waals surface area contributed by atoms with Crippen LogP contribution in [0.25, 0.3) is 0 Å². The second-order valence-electron chi connectivity index (χ2n) is 3.25. The molecule has 0 spiro atoms. The lowest BCUT2D eigenvalue weighted by Crippen LogP contribution is -2.11. The zero-order chi connectivity index (χ0) is 12.8. The average Bonchev–Trinajstić information content (AvgIpc) is 2.73. The fraction of sp³-hybridized carbons (Fsp3) is 0.500. The van der Waals surface area contributed by atoms with Crippen LogP contribution in [0, 0.1) is 0 Å². The van der Waals surface area contributed by atoms with Crippen molar-refractivity contribution in [2.45, 2.75) is 27.2 Å². The van der Waals surface area contributed by atoms with Crippen LogP contribution in [0.2, 0.25) is 0 Å². The first-order valence-corrected chi connectivity index (χ1v) is 5.60. The lowest BCUT2D eigenvalue weighted by atomic mass is 10.2. The van der Waals surface area contributed by atoms with E-state index in [-0.39, 0.29) is 24.5 Å². The van der Waals surface area contributed by atoms with Gasteiger partial charge in [0, 0.05) is 6.42 Å². The van der Waals surface area contributed by atoms with Gasteiger partial charge >= 0.3 is 11.9 Å². The molecule has 0 aromatic carbocycles. The van der Waals surface area contributed by atoms with Crippen LogP contribution in [0.4, 0.5) is 0 Å². The Bertz CT molecular complexity index is 370. The Morgan fingerprint density at radius 3 is 2.24 bits per heavy atom. The van der Waals surface area contributed by atoms with Gasteiger partial charge in [-0.2, -0.15) is 0 Å². The van der Waals surface area contributed by atoms with Crippen molar-refractivity contribution in [3.63, 3.8) is 0 Å². The molecule has 1 aromatic rings. The highest BCUT2D eigenvalue weighted by Gasteiger charge is 2.24. The van der Waals surface area contributed by atoms with E-state index in [1.54, 1.807) is 13.8 Å². The molecule has 17 heavy (non-hydrogen) atoms. The van der Waals surface area contributed by atoms with Crippen LogP contribution < -0.4 is 0 Å². The Balaban J connectivity index is 3.05. The van der Waals surface area contributed by atoms with E-state index in [4.69, 9.17) is 13.9 Å². The van der Waals surface area contributed by atoms with Crippen molar-refractivity contribution in [1.82, 2.24) is 0 Å². The lowest BCUT2D eigenvalue weighted by Gasteiger charge is -2.01. The van der Waals surface area contributed by atoms with Crippen LogP contribution >= 0.6 is 0 Å². The number of furan rings is 1. The highest BCUT2D eigenvalue weighted by atomic mass is 16.5. The Morgan fingerprint density at radius 1 is 1.12 bits per heavy atom. The molecule has 5 heteroatoms. The summed E-state index contributed by atoms with van der Waals surface area (Å²) in [4.78, 5) is 23.2. The van der Waals surface area contributed by atoms with Gasteiger partial charge in [0.05, 0.1) is 13.2 Å². The molecule has 1 aromatic heterocycles. The van der Waals surface area contributed by atoms with Gasteiger partial charge in [-0.3, -0.25) is 0 Å². The molecule has 0 atom stereocenters. The van der Waals surface area contributed by atoms with Crippen LogP contribution in [-0.2, 0) is 15.9 Å². The van der Waals surface area contributed by atoms with Gasteiger partial charge in [0.25, 0.3) is 0 Å². The molecule has 0 saturated carbocycles. The number of esters is 2. The molecule has 1 heterocycles. The molecule has 1 rings (SSSR count). The molecule has 0 N–H and O–H groups in total. The molecular formula is C12H16O5.